The minimum atomic E-state index is -0.0763. The van der Waals surface area contributed by atoms with Crippen LogP contribution in [0.5, 0.6) is 0 Å². The molecule has 0 bridgehead atoms. The van der Waals surface area contributed by atoms with E-state index >= 15 is 0 Å². The summed E-state index contributed by atoms with van der Waals surface area (Å²) in [5.41, 5.74) is 18.1. The smallest absolute Gasteiger partial charge is 0.164 e. The summed E-state index contributed by atoms with van der Waals surface area (Å²) in [6.45, 7) is 0. The van der Waals surface area contributed by atoms with Gasteiger partial charge in [-0.25, -0.2) is 20.4 Å². The van der Waals surface area contributed by atoms with Gasteiger partial charge in [0.25, 0.3) is 0 Å². The van der Waals surface area contributed by atoms with Crippen molar-refractivity contribution in [3.63, 3.8) is 0 Å². The monoisotopic (exact) mass is 705 g/mol. The summed E-state index contributed by atoms with van der Waals surface area (Å²) in [5.74, 6) is 1.88. The first-order valence-corrected chi connectivity index (χ1v) is 18.6. The Morgan fingerprint density at radius 3 is 1.45 bits per heavy atom. The summed E-state index contributed by atoms with van der Waals surface area (Å²) in [4.78, 5) is 15.5. The van der Waals surface area contributed by atoms with Gasteiger partial charge in [-0.15, -0.1) is 0 Å². The summed E-state index contributed by atoms with van der Waals surface area (Å²) in [5, 5.41) is 2.28. The van der Waals surface area contributed by atoms with Crippen molar-refractivity contribution < 1.29 is 0 Å². The first-order chi connectivity index (χ1) is 27.3. The summed E-state index contributed by atoms with van der Waals surface area (Å²) >= 11 is 0. The van der Waals surface area contributed by atoms with Crippen molar-refractivity contribution in [1.29, 1.82) is 0 Å². The molecule has 260 valence electrons. The maximum absolute atomic E-state index is 5.24. The van der Waals surface area contributed by atoms with E-state index in [2.05, 4.69) is 186 Å². The van der Waals surface area contributed by atoms with Gasteiger partial charge in [0.05, 0.1) is 17.4 Å². The lowest BCUT2D eigenvalue weighted by Gasteiger charge is -2.32. The number of fused-ring (bicyclic) bond motifs is 3. The van der Waals surface area contributed by atoms with Crippen molar-refractivity contribution in [1.82, 2.24) is 25.4 Å². The van der Waals surface area contributed by atoms with Crippen LogP contribution in [0.25, 0.3) is 68.3 Å². The van der Waals surface area contributed by atoms with Crippen LogP contribution in [0.1, 0.15) is 33.9 Å². The molecule has 2 aliphatic rings. The van der Waals surface area contributed by atoms with Crippen molar-refractivity contribution in [3.05, 3.63) is 222 Å². The van der Waals surface area contributed by atoms with Crippen LogP contribution in [-0.4, -0.2) is 20.0 Å². The number of aromatic nitrogens is 3. The summed E-state index contributed by atoms with van der Waals surface area (Å²) in [7, 11) is 0. The highest BCUT2D eigenvalue weighted by Crippen LogP contribution is 2.51. The van der Waals surface area contributed by atoms with E-state index in [9.17, 15) is 0 Å². The fourth-order valence-corrected chi connectivity index (χ4v) is 7.71. The maximum Gasteiger partial charge on any atom is 0.164 e. The number of benzene rings is 7. The molecule has 3 heterocycles. The molecule has 8 aromatic rings. The van der Waals surface area contributed by atoms with E-state index in [1.54, 1.807) is 0 Å². The van der Waals surface area contributed by atoms with E-state index in [0.717, 1.165) is 50.3 Å². The molecule has 55 heavy (non-hydrogen) atoms. The topological polar surface area (TPSA) is 53.9 Å². The summed E-state index contributed by atoms with van der Waals surface area (Å²) in [6, 6.07) is 67.5. The predicted molar refractivity (Wildman–Crippen MR) is 223 cm³/mol. The first kappa shape index (κ1) is 32.4. The molecule has 0 amide bonds. The third-order valence-electron chi connectivity index (χ3n) is 10.4. The second kappa shape index (κ2) is 14.0. The van der Waals surface area contributed by atoms with Gasteiger partial charge in [0, 0.05) is 27.8 Å². The number of hydrogen-bond acceptors (Lipinski definition) is 5. The minimum absolute atomic E-state index is 0.0763. The molecule has 1 aromatic heterocycles. The second-order valence-electron chi connectivity index (χ2n) is 13.7. The van der Waals surface area contributed by atoms with Gasteiger partial charge >= 0.3 is 0 Å². The van der Waals surface area contributed by atoms with E-state index in [4.69, 9.17) is 15.0 Å². The molecule has 0 fully saturated rings. The lowest BCUT2D eigenvalue weighted by atomic mass is 9.86. The first-order valence-electron chi connectivity index (χ1n) is 18.6. The SMILES string of the molecule is C1=C(c2ccccc2)N2NC(c3ccccc3)C(c3ccccc3)=C2c2cccc(-c3nc(-c4ccccc4)nc(-c4ccc(-c5ccccc5)cc4)n3)c21. The van der Waals surface area contributed by atoms with Gasteiger partial charge in [0.15, 0.2) is 17.5 Å². The van der Waals surface area contributed by atoms with Crippen LogP contribution >= 0.6 is 0 Å². The fourth-order valence-electron chi connectivity index (χ4n) is 7.71. The average Bonchev–Trinajstić information content (AvgIpc) is 3.69. The molecule has 1 unspecified atom stereocenters. The van der Waals surface area contributed by atoms with Crippen LogP contribution in [0.2, 0.25) is 0 Å². The molecule has 0 radical (unpaired) electrons. The standard InChI is InChI=1S/C50H35N5/c1-6-17-34(18-7-1)35-29-31-40(32-30-35)49-51-48(39-25-14-5-15-26-39)52-50(53-49)42-28-16-27-41-43(42)33-44(36-19-8-2-9-20-36)55-47(41)45(37-21-10-3-11-22-37)46(54-55)38-23-12-4-13-24-38/h1-33,46,54H. The summed E-state index contributed by atoms with van der Waals surface area (Å²) in [6.07, 6.45) is 2.28. The molecule has 10 rings (SSSR count). The van der Waals surface area contributed by atoms with Crippen LogP contribution in [0.3, 0.4) is 0 Å². The van der Waals surface area contributed by atoms with Crippen molar-refractivity contribution in [2.75, 3.05) is 0 Å². The van der Waals surface area contributed by atoms with Gasteiger partial charge in [0.2, 0.25) is 0 Å². The Hall–Kier alpha value is -7.21. The fraction of sp³-hybridized carbons (Fsp3) is 0.0200. The van der Waals surface area contributed by atoms with Gasteiger partial charge < -0.3 is 0 Å². The molecule has 1 N–H and O–H groups in total. The number of hydrogen-bond donors (Lipinski definition) is 1. The Balaban J connectivity index is 1.20. The van der Waals surface area contributed by atoms with E-state index in [1.165, 1.54) is 22.3 Å². The third-order valence-corrected chi connectivity index (χ3v) is 10.4. The number of hydrazine groups is 1. The Bertz CT molecular complexity index is 2690. The predicted octanol–water partition coefficient (Wildman–Crippen LogP) is 11.5. The van der Waals surface area contributed by atoms with Crippen LogP contribution in [0.15, 0.2) is 194 Å². The van der Waals surface area contributed by atoms with Crippen LogP contribution in [-0.2, 0) is 0 Å². The molecule has 0 saturated heterocycles. The minimum Gasteiger partial charge on any atom is -0.274 e. The van der Waals surface area contributed by atoms with E-state index in [-0.39, 0.29) is 6.04 Å². The zero-order valence-corrected chi connectivity index (χ0v) is 29.9. The number of rotatable bonds is 7. The Labute approximate surface area is 320 Å². The normalized spacial score (nSPS) is 14.7. The molecular formula is C50H35N5. The Morgan fingerprint density at radius 1 is 0.382 bits per heavy atom. The molecule has 5 heteroatoms. The molecule has 2 aliphatic heterocycles. The lowest BCUT2D eigenvalue weighted by molar-refractivity contribution is 0.405. The van der Waals surface area contributed by atoms with Crippen molar-refractivity contribution in [3.8, 4) is 45.3 Å². The zero-order chi connectivity index (χ0) is 36.6. The lowest BCUT2D eigenvalue weighted by Crippen LogP contribution is -2.33. The zero-order valence-electron chi connectivity index (χ0n) is 29.9. The average molecular weight is 706 g/mol. The quantitative estimate of drug-likeness (QED) is 0.179. The molecule has 1 atom stereocenters. The molecule has 0 aliphatic carbocycles. The van der Waals surface area contributed by atoms with Crippen LogP contribution < -0.4 is 5.43 Å². The third kappa shape index (κ3) is 6.03. The largest absolute Gasteiger partial charge is 0.274 e. The second-order valence-corrected chi connectivity index (χ2v) is 13.7. The van der Waals surface area contributed by atoms with Gasteiger partial charge in [-0.1, -0.05) is 194 Å². The van der Waals surface area contributed by atoms with Crippen molar-refractivity contribution in [2.45, 2.75) is 6.04 Å². The maximum atomic E-state index is 5.24. The van der Waals surface area contributed by atoms with E-state index in [1.807, 2.05) is 24.3 Å². The summed E-state index contributed by atoms with van der Waals surface area (Å²) < 4.78 is 0. The number of nitrogens with one attached hydrogen (secondary N) is 1. The highest BCUT2D eigenvalue weighted by Gasteiger charge is 2.39. The molecule has 0 spiro atoms. The molecule has 0 saturated carbocycles. The molecule has 7 aromatic carbocycles. The molecule has 5 nitrogen and oxygen atoms in total. The number of nitrogens with zero attached hydrogens (tertiary/aromatic N) is 4. The van der Waals surface area contributed by atoms with Crippen LogP contribution in [0.4, 0.5) is 0 Å². The van der Waals surface area contributed by atoms with Gasteiger partial charge in [0.1, 0.15) is 0 Å². The van der Waals surface area contributed by atoms with E-state index in [0.29, 0.717) is 17.5 Å². The van der Waals surface area contributed by atoms with Gasteiger partial charge in [-0.3, -0.25) is 5.01 Å². The van der Waals surface area contributed by atoms with Crippen molar-refractivity contribution in [2.24, 2.45) is 0 Å². The highest BCUT2D eigenvalue weighted by molar-refractivity contribution is 6.06. The molecular weight excluding hydrogens is 671 g/mol. The Kier molecular flexibility index (Phi) is 8.24. The van der Waals surface area contributed by atoms with E-state index < -0.39 is 0 Å². The van der Waals surface area contributed by atoms with Gasteiger partial charge in [-0.05, 0) is 39.5 Å². The van der Waals surface area contributed by atoms with Gasteiger partial charge in [-0.2, -0.15) is 0 Å². The van der Waals surface area contributed by atoms with Crippen molar-refractivity contribution >= 4 is 23.0 Å². The highest BCUT2D eigenvalue weighted by atomic mass is 15.6. The Morgan fingerprint density at radius 2 is 0.836 bits per heavy atom. The van der Waals surface area contributed by atoms with Crippen LogP contribution in [0, 0.1) is 0 Å².